The van der Waals surface area contributed by atoms with Gasteiger partial charge in [-0.05, 0) is 31.0 Å². The molecule has 1 amide bonds. The third-order valence-corrected chi connectivity index (χ3v) is 4.52. The molecule has 0 unspecified atom stereocenters. The number of benzene rings is 1. The lowest BCUT2D eigenvalue weighted by Gasteiger charge is -2.10. The van der Waals surface area contributed by atoms with Crippen LogP contribution in [0.3, 0.4) is 0 Å². The lowest BCUT2D eigenvalue weighted by atomic mass is 10.1. The van der Waals surface area contributed by atoms with Gasteiger partial charge in [-0.1, -0.05) is 25.8 Å². The first-order valence-electron chi connectivity index (χ1n) is 6.74. The van der Waals surface area contributed by atoms with Gasteiger partial charge in [-0.3, -0.25) is 4.79 Å². The minimum absolute atomic E-state index is 0.123. The highest BCUT2D eigenvalue weighted by atomic mass is 32.2. The van der Waals surface area contributed by atoms with Crippen molar-refractivity contribution < 1.29 is 13.2 Å². The normalized spacial score (nSPS) is 11.3. The van der Waals surface area contributed by atoms with Gasteiger partial charge in [0.25, 0.3) is 5.91 Å². The number of nitrogens with one attached hydrogen (secondary N) is 2. The zero-order chi connectivity index (χ0) is 15.2. The van der Waals surface area contributed by atoms with Gasteiger partial charge >= 0.3 is 0 Å². The van der Waals surface area contributed by atoms with Crippen molar-refractivity contribution in [2.75, 3.05) is 13.6 Å². The van der Waals surface area contributed by atoms with Crippen molar-refractivity contribution in [3.63, 3.8) is 0 Å². The molecular weight excluding hydrogens is 276 g/mol. The van der Waals surface area contributed by atoms with E-state index in [4.69, 9.17) is 0 Å². The van der Waals surface area contributed by atoms with Crippen molar-refractivity contribution in [3.8, 4) is 0 Å². The monoisotopic (exact) mass is 298 g/mol. The molecule has 0 spiro atoms. The van der Waals surface area contributed by atoms with Crippen LogP contribution in [-0.4, -0.2) is 27.9 Å². The number of sulfonamides is 1. The molecule has 0 fully saturated rings. The minimum Gasteiger partial charge on any atom is -0.355 e. The molecule has 112 valence electrons. The molecule has 1 aromatic carbocycles. The zero-order valence-corrected chi connectivity index (χ0v) is 13.0. The predicted octanol–water partition coefficient (Wildman–Crippen LogP) is 1.82. The van der Waals surface area contributed by atoms with Crippen molar-refractivity contribution in [2.45, 2.75) is 38.0 Å². The number of hydrogen-bond donors (Lipinski definition) is 2. The molecule has 0 heterocycles. The quantitative estimate of drug-likeness (QED) is 0.754. The van der Waals surface area contributed by atoms with Crippen LogP contribution >= 0.6 is 0 Å². The van der Waals surface area contributed by atoms with Gasteiger partial charge in [-0.25, -0.2) is 13.1 Å². The molecule has 0 atom stereocenters. The summed E-state index contributed by atoms with van der Waals surface area (Å²) in [4.78, 5) is 11.8. The largest absolute Gasteiger partial charge is 0.355 e. The Morgan fingerprint density at radius 2 is 1.95 bits per heavy atom. The zero-order valence-electron chi connectivity index (χ0n) is 12.2. The first-order valence-corrected chi connectivity index (χ1v) is 8.23. The Morgan fingerprint density at radius 3 is 2.55 bits per heavy atom. The molecule has 0 aliphatic rings. The van der Waals surface area contributed by atoms with Crippen LogP contribution < -0.4 is 10.0 Å². The van der Waals surface area contributed by atoms with Gasteiger partial charge in [0.1, 0.15) is 0 Å². The Bertz CT molecular complexity index is 568. The van der Waals surface area contributed by atoms with Crippen LogP contribution in [0.1, 0.15) is 42.1 Å². The van der Waals surface area contributed by atoms with Gasteiger partial charge in [-0.2, -0.15) is 0 Å². The second kappa shape index (κ2) is 7.40. The van der Waals surface area contributed by atoms with E-state index in [9.17, 15) is 13.2 Å². The van der Waals surface area contributed by atoms with Crippen LogP contribution in [0.25, 0.3) is 0 Å². The lowest BCUT2D eigenvalue weighted by Crippen LogP contribution is -2.26. The van der Waals surface area contributed by atoms with E-state index in [1.54, 1.807) is 13.0 Å². The maximum atomic E-state index is 12.1. The summed E-state index contributed by atoms with van der Waals surface area (Å²) in [6.07, 6.45) is 2.83. The maximum absolute atomic E-state index is 12.1. The number of hydrogen-bond acceptors (Lipinski definition) is 3. The Hall–Kier alpha value is -1.40. The van der Waals surface area contributed by atoms with Gasteiger partial charge in [-0.15, -0.1) is 0 Å². The SMILES string of the molecule is CCCCCNS(=O)(=O)c1ccc(C)c(C(=O)NC)c1. The standard InChI is InChI=1S/C14H22N2O3S/c1-4-5-6-9-16-20(18,19)12-8-7-11(2)13(10-12)14(17)15-3/h7-8,10,16H,4-6,9H2,1-3H3,(H,15,17). The topological polar surface area (TPSA) is 75.3 Å². The second-order valence-electron chi connectivity index (χ2n) is 4.66. The lowest BCUT2D eigenvalue weighted by molar-refractivity contribution is 0.0962. The summed E-state index contributed by atoms with van der Waals surface area (Å²) in [5.74, 6) is -0.287. The maximum Gasteiger partial charge on any atom is 0.251 e. The van der Waals surface area contributed by atoms with Gasteiger partial charge in [0.2, 0.25) is 10.0 Å². The second-order valence-corrected chi connectivity index (χ2v) is 6.43. The molecule has 0 aliphatic heterocycles. The summed E-state index contributed by atoms with van der Waals surface area (Å²) >= 11 is 0. The fourth-order valence-electron chi connectivity index (χ4n) is 1.81. The Morgan fingerprint density at radius 1 is 1.25 bits per heavy atom. The smallest absolute Gasteiger partial charge is 0.251 e. The summed E-state index contributed by atoms with van der Waals surface area (Å²) in [5.41, 5.74) is 1.12. The van der Waals surface area contributed by atoms with Gasteiger partial charge in [0, 0.05) is 19.2 Å². The number of carbonyl (C=O) groups excluding carboxylic acids is 1. The third-order valence-electron chi connectivity index (χ3n) is 3.06. The van der Waals surface area contributed by atoms with E-state index in [1.165, 1.54) is 19.2 Å². The highest BCUT2D eigenvalue weighted by molar-refractivity contribution is 7.89. The van der Waals surface area contributed by atoms with E-state index in [1.807, 2.05) is 0 Å². The fraction of sp³-hybridized carbons (Fsp3) is 0.500. The summed E-state index contributed by atoms with van der Waals surface area (Å²) in [6.45, 7) is 4.25. The van der Waals surface area contributed by atoms with Gasteiger partial charge in [0.15, 0.2) is 0 Å². The number of unbranched alkanes of at least 4 members (excludes halogenated alkanes) is 2. The minimum atomic E-state index is -3.55. The van der Waals surface area contributed by atoms with Crippen LogP contribution in [-0.2, 0) is 10.0 Å². The molecule has 0 saturated heterocycles. The number of rotatable bonds is 7. The molecule has 0 aromatic heterocycles. The summed E-state index contributed by atoms with van der Waals surface area (Å²) < 4.78 is 26.8. The average Bonchev–Trinajstić information content (AvgIpc) is 2.43. The van der Waals surface area contributed by atoms with E-state index >= 15 is 0 Å². The van der Waals surface area contributed by atoms with Gasteiger partial charge < -0.3 is 5.32 Å². The highest BCUT2D eigenvalue weighted by Crippen LogP contribution is 2.15. The molecule has 0 saturated carbocycles. The van der Waals surface area contributed by atoms with E-state index < -0.39 is 10.0 Å². The van der Waals surface area contributed by atoms with E-state index in [0.29, 0.717) is 12.1 Å². The highest BCUT2D eigenvalue weighted by Gasteiger charge is 2.16. The number of amides is 1. The molecular formula is C14H22N2O3S. The van der Waals surface area contributed by atoms with E-state index in [2.05, 4.69) is 17.0 Å². The van der Waals surface area contributed by atoms with Crippen molar-refractivity contribution in [1.82, 2.24) is 10.0 Å². The molecule has 1 rings (SSSR count). The Labute approximate surface area is 120 Å². The number of aryl methyl sites for hydroxylation is 1. The average molecular weight is 298 g/mol. The summed E-state index contributed by atoms with van der Waals surface area (Å²) in [7, 11) is -2.03. The first-order chi connectivity index (χ1) is 9.42. The molecule has 6 heteroatoms. The molecule has 1 aromatic rings. The summed E-state index contributed by atoms with van der Waals surface area (Å²) in [5, 5.41) is 2.51. The molecule has 2 N–H and O–H groups in total. The van der Waals surface area contributed by atoms with Gasteiger partial charge in [0.05, 0.1) is 4.90 Å². The molecule has 20 heavy (non-hydrogen) atoms. The summed E-state index contributed by atoms with van der Waals surface area (Å²) in [6, 6.07) is 4.57. The molecule has 5 nitrogen and oxygen atoms in total. The van der Waals surface area contributed by atoms with Crippen molar-refractivity contribution in [2.24, 2.45) is 0 Å². The predicted molar refractivity (Wildman–Crippen MR) is 79.3 cm³/mol. The van der Waals surface area contributed by atoms with E-state index in [-0.39, 0.29) is 10.8 Å². The van der Waals surface area contributed by atoms with Crippen LogP contribution in [0.4, 0.5) is 0 Å². The van der Waals surface area contributed by atoms with E-state index in [0.717, 1.165) is 24.8 Å². The first kappa shape index (κ1) is 16.7. The molecule has 0 bridgehead atoms. The van der Waals surface area contributed by atoms with Crippen LogP contribution in [0.2, 0.25) is 0 Å². The van der Waals surface area contributed by atoms with Crippen LogP contribution in [0, 0.1) is 6.92 Å². The third kappa shape index (κ3) is 4.31. The van der Waals surface area contributed by atoms with Crippen LogP contribution in [0.15, 0.2) is 23.1 Å². The van der Waals surface area contributed by atoms with Crippen molar-refractivity contribution >= 4 is 15.9 Å². The van der Waals surface area contributed by atoms with Crippen molar-refractivity contribution in [1.29, 1.82) is 0 Å². The Kier molecular flexibility index (Phi) is 6.16. The number of carbonyl (C=O) groups is 1. The Balaban J connectivity index is 2.93. The van der Waals surface area contributed by atoms with Crippen LogP contribution in [0.5, 0.6) is 0 Å². The molecule has 0 aliphatic carbocycles. The van der Waals surface area contributed by atoms with Crippen molar-refractivity contribution in [3.05, 3.63) is 29.3 Å². The molecule has 0 radical (unpaired) electrons. The fourth-order valence-corrected chi connectivity index (χ4v) is 2.91.